The fourth-order valence-electron chi connectivity index (χ4n) is 3.81. The highest BCUT2D eigenvalue weighted by Crippen LogP contribution is 2.23. The summed E-state index contributed by atoms with van der Waals surface area (Å²) in [5, 5.41) is 0. The Morgan fingerprint density at radius 3 is 2.42 bits per heavy atom. The molecule has 2 heterocycles. The summed E-state index contributed by atoms with van der Waals surface area (Å²) in [6.45, 7) is 2.45. The van der Waals surface area contributed by atoms with Crippen LogP contribution >= 0.6 is 0 Å². The normalized spacial score (nSPS) is 14.6. The van der Waals surface area contributed by atoms with Gasteiger partial charge >= 0.3 is 6.36 Å². The molecule has 38 heavy (non-hydrogen) atoms. The second-order valence-corrected chi connectivity index (χ2v) is 8.55. The maximum Gasteiger partial charge on any atom is 0.573 e. The van der Waals surface area contributed by atoms with Crippen LogP contribution in [0.25, 0.3) is 6.08 Å². The Bertz CT molecular complexity index is 1330. The van der Waals surface area contributed by atoms with Crippen LogP contribution in [0.3, 0.4) is 0 Å². The zero-order valence-corrected chi connectivity index (χ0v) is 20.1. The molecule has 1 aliphatic rings. The number of alkyl halides is 3. The first-order valence-electron chi connectivity index (χ1n) is 11.7. The number of nitrogens with zero attached hydrogens (tertiary/aromatic N) is 2. The average Bonchev–Trinajstić information content (AvgIpc) is 2.87. The van der Waals surface area contributed by atoms with Crippen LogP contribution in [0.15, 0.2) is 76.1 Å². The quantitative estimate of drug-likeness (QED) is 0.312. The Morgan fingerprint density at radius 1 is 1.03 bits per heavy atom. The predicted octanol–water partition coefficient (Wildman–Crippen LogP) is 4.61. The van der Waals surface area contributed by atoms with Crippen molar-refractivity contribution in [2.45, 2.75) is 19.5 Å². The number of rotatable bonds is 8. The Labute approximate surface area is 215 Å². The van der Waals surface area contributed by atoms with Crippen LogP contribution in [0.2, 0.25) is 0 Å². The maximum absolute atomic E-state index is 13.3. The van der Waals surface area contributed by atoms with Gasteiger partial charge in [0.15, 0.2) is 0 Å². The van der Waals surface area contributed by atoms with Gasteiger partial charge in [-0.1, -0.05) is 24.3 Å². The Balaban J connectivity index is 1.23. The molecule has 4 rings (SSSR count). The second kappa shape index (κ2) is 12.0. The van der Waals surface area contributed by atoms with Gasteiger partial charge in [-0.15, -0.1) is 13.2 Å². The number of carbonyl (C=O) groups excluding carboxylic acids is 1. The lowest BCUT2D eigenvalue weighted by molar-refractivity contribution is -0.274. The Kier molecular flexibility index (Phi) is 8.47. The molecule has 0 bridgehead atoms. The molecule has 0 unspecified atom stereocenters. The van der Waals surface area contributed by atoms with E-state index in [1.165, 1.54) is 60.9 Å². The standard InChI is InChI=1S/C27H24F4N2O5/c28-21-3-1-2-20(14-21)17-37-25-18-36-23(15-24(25)34)16-32-10-12-33(13-11-32)26(35)9-6-19-4-7-22(8-5-19)38-27(29,30)31/h1-9,14-15,18H,10-13,16-17H2. The first-order valence-corrected chi connectivity index (χ1v) is 11.7. The highest BCUT2D eigenvalue weighted by molar-refractivity contribution is 5.91. The summed E-state index contributed by atoms with van der Waals surface area (Å²) < 4.78 is 64.9. The molecule has 0 saturated carbocycles. The van der Waals surface area contributed by atoms with Crippen molar-refractivity contribution in [3.63, 3.8) is 0 Å². The van der Waals surface area contributed by atoms with Crippen LogP contribution in [0, 0.1) is 5.82 Å². The van der Waals surface area contributed by atoms with Crippen molar-refractivity contribution in [1.82, 2.24) is 9.80 Å². The van der Waals surface area contributed by atoms with Gasteiger partial charge in [-0.25, -0.2) is 4.39 Å². The van der Waals surface area contributed by atoms with E-state index in [4.69, 9.17) is 9.15 Å². The topological polar surface area (TPSA) is 72.2 Å². The van der Waals surface area contributed by atoms with Gasteiger partial charge in [0, 0.05) is 38.3 Å². The zero-order chi connectivity index (χ0) is 27.1. The van der Waals surface area contributed by atoms with Crippen molar-refractivity contribution in [1.29, 1.82) is 0 Å². The first kappa shape index (κ1) is 26.9. The molecular formula is C27H24F4N2O5. The minimum absolute atomic E-state index is 0.0303. The van der Waals surface area contributed by atoms with Crippen molar-refractivity contribution in [2.24, 2.45) is 0 Å². The van der Waals surface area contributed by atoms with E-state index in [-0.39, 0.29) is 35.3 Å². The summed E-state index contributed by atoms with van der Waals surface area (Å²) in [5.74, 6) is -0.460. The van der Waals surface area contributed by atoms with Crippen LogP contribution in [0.4, 0.5) is 17.6 Å². The fourth-order valence-corrected chi connectivity index (χ4v) is 3.81. The van der Waals surface area contributed by atoms with E-state index < -0.39 is 6.36 Å². The number of ether oxygens (including phenoxy) is 2. The van der Waals surface area contributed by atoms with Crippen molar-refractivity contribution in [3.8, 4) is 11.5 Å². The molecule has 7 nitrogen and oxygen atoms in total. The van der Waals surface area contributed by atoms with Crippen LogP contribution in [-0.4, -0.2) is 48.2 Å². The SMILES string of the molecule is O=C(C=Cc1ccc(OC(F)(F)F)cc1)N1CCN(Cc2cc(=O)c(OCc3cccc(F)c3)co2)CC1. The van der Waals surface area contributed by atoms with Gasteiger partial charge in [-0.05, 0) is 41.5 Å². The molecule has 1 aromatic heterocycles. The fraction of sp³-hybridized carbons (Fsp3) is 0.259. The lowest BCUT2D eigenvalue weighted by Crippen LogP contribution is -2.47. The molecule has 0 N–H and O–H groups in total. The third-order valence-electron chi connectivity index (χ3n) is 5.73. The van der Waals surface area contributed by atoms with Gasteiger partial charge in [-0.3, -0.25) is 14.5 Å². The van der Waals surface area contributed by atoms with Crippen LogP contribution in [0.1, 0.15) is 16.9 Å². The Hall–Kier alpha value is -4.12. The number of hydrogen-bond acceptors (Lipinski definition) is 6. The molecule has 0 atom stereocenters. The number of halogens is 4. The molecule has 3 aromatic rings. The van der Waals surface area contributed by atoms with Crippen molar-refractivity contribution in [3.05, 3.63) is 99.9 Å². The first-order chi connectivity index (χ1) is 18.1. The van der Waals surface area contributed by atoms with E-state index in [1.807, 2.05) is 4.90 Å². The van der Waals surface area contributed by atoms with E-state index in [0.29, 0.717) is 49.6 Å². The summed E-state index contributed by atoms with van der Waals surface area (Å²) in [6, 6.07) is 12.5. The van der Waals surface area contributed by atoms with Gasteiger partial charge in [0.1, 0.15) is 30.2 Å². The molecular weight excluding hydrogens is 508 g/mol. The Morgan fingerprint density at radius 2 is 1.76 bits per heavy atom. The molecule has 1 aliphatic heterocycles. The summed E-state index contributed by atoms with van der Waals surface area (Å²) in [5.41, 5.74) is 0.800. The molecule has 2 aromatic carbocycles. The molecule has 200 valence electrons. The second-order valence-electron chi connectivity index (χ2n) is 8.55. The monoisotopic (exact) mass is 532 g/mol. The molecule has 0 radical (unpaired) electrons. The van der Waals surface area contributed by atoms with Crippen molar-refractivity contribution < 1.29 is 36.2 Å². The van der Waals surface area contributed by atoms with Gasteiger partial charge in [0.25, 0.3) is 0 Å². The van der Waals surface area contributed by atoms with Gasteiger partial charge in [-0.2, -0.15) is 0 Å². The highest BCUT2D eigenvalue weighted by Gasteiger charge is 2.31. The lowest BCUT2D eigenvalue weighted by Gasteiger charge is -2.33. The van der Waals surface area contributed by atoms with E-state index in [1.54, 1.807) is 17.0 Å². The zero-order valence-electron chi connectivity index (χ0n) is 20.1. The summed E-state index contributed by atoms with van der Waals surface area (Å²) in [6.07, 6.45) is -0.622. The smallest absolute Gasteiger partial charge is 0.482 e. The largest absolute Gasteiger partial charge is 0.573 e. The van der Waals surface area contributed by atoms with Gasteiger partial charge in [0.05, 0.1) is 6.54 Å². The number of piperazine rings is 1. The molecule has 0 spiro atoms. The third kappa shape index (κ3) is 7.94. The maximum atomic E-state index is 13.3. The predicted molar refractivity (Wildman–Crippen MR) is 130 cm³/mol. The minimum atomic E-state index is -4.76. The highest BCUT2D eigenvalue weighted by atomic mass is 19.4. The number of benzene rings is 2. The summed E-state index contributed by atoms with van der Waals surface area (Å²) in [7, 11) is 0. The molecule has 1 saturated heterocycles. The van der Waals surface area contributed by atoms with Crippen molar-refractivity contribution in [2.75, 3.05) is 26.2 Å². The van der Waals surface area contributed by atoms with Crippen LogP contribution in [-0.2, 0) is 17.9 Å². The van der Waals surface area contributed by atoms with E-state index in [0.717, 1.165) is 0 Å². The molecule has 1 fully saturated rings. The van der Waals surface area contributed by atoms with E-state index in [9.17, 15) is 27.2 Å². The van der Waals surface area contributed by atoms with Gasteiger partial charge in [0.2, 0.25) is 17.1 Å². The van der Waals surface area contributed by atoms with E-state index >= 15 is 0 Å². The van der Waals surface area contributed by atoms with Crippen LogP contribution < -0.4 is 14.9 Å². The lowest BCUT2D eigenvalue weighted by atomic mass is 10.2. The number of hydrogen-bond donors (Lipinski definition) is 0. The third-order valence-corrected chi connectivity index (χ3v) is 5.73. The van der Waals surface area contributed by atoms with E-state index in [2.05, 4.69) is 4.74 Å². The number of carbonyl (C=O) groups is 1. The summed E-state index contributed by atoms with van der Waals surface area (Å²) in [4.78, 5) is 28.6. The molecule has 11 heteroatoms. The number of amides is 1. The molecule has 1 amide bonds. The van der Waals surface area contributed by atoms with Crippen LogP contribution in [0.5, 0.6) is 11.5 Å². The summed E-state index contributed by atoms with van der Waals surface area (Å²) >= 11 is 0. The average molecular weight is 532 g/mol. The minimum Gasteiger partial charge on any atom is -0.482 e. The molecule has 0 aliphatic carbocycles. The van der Waals surface area contributed by atoms with Gasteiger partial charge < -0.3 is 18.8 Å². The van der Waals surface area contributed by atoms with Crippen molar-refractivity contribution >= 4 is 12.0 Å².